The van der Waals surface area contributed by atoms with Gasteiger partial charge in [0.25, 0.3) is 0 Å². The molecule has 0 aliphatic carbocycles. The second kappa shape index (κ2) is 8.09. The number of nitrogens with zero attached hydrogens (tertiary/aromatic N) is 4. The first kappa shape index (κ1) is 18.2. The summed E-state index contributed by atoms with van der Waals surface area (Å²) in [6, 6.07) is 4.90. The normalized spacial score (nSPS) is 10.5. The van der Waals surface area contributed by atoms with Crippen LogP contribution in [0.2, 0.25) is 10.0 Å². The van der Waals surface area contributed by atoms with Crippen LogP contribution in [0.4, 0.5) is 23.0 Å². The summed E-state index contributed by atoms with van der Waals surface area (Å²) in [6.45, 7) is 2.31. The van der Waals surface area contributed by atoms with E-state index in [0.29, 0.717) is 17.3 Å². The van der Waals surface area contributed by atoms with Gasteiger partial charge in [0, 0.05) is 13.1 Å². The molecule has 2 aromatic rings. The molecule has 1 aromatic carbocycles. The Hall–Kier alpha value is -2.16. The first-order chi connectivity index (χ1) is 11.5. The van der Waals surface area contributed by atoms with E-state index in [4.69, 9.17) is 28.3 Å². The minimum atomic E-state index is -0.573. The molecule has 1 aromatic heterocycles. The van der Waals surface area contributed by atoms with Crippen molar-refractivity contribution in [3.63, 3.8) is 0 Å². The zero-order valence-electron chi connectivity index (χ0n) is 12.7. The number of nitrogens with one attached hydrogen (secondary N) is 1. The molecule has 0 unspecified atom stereocenters. The average Bonchev–Trinajstić information content (AvgIpc) is 2.56. The van der Waals surface area contributed by atoms with Gasteiger partial charge in [-0.25, -0.2) is 9.97 Å². The first-order valence-electron chi connectivity index (χ1n) is 7.05. The quantitative estimate of drug-likeness (QED) is 0.568. The Kier molecular flexibility index (Phi) is 6.13. The summed E-state index contributed by atoms with van der Waals surface area (Å²) in [5.74, 6) is 0.109. The molecule has 128 valence electrons. The van der Waals surface area contributed by atoms with E-state index >= 15 is 0 Å². The van der Waals surface area contributed by atoms with Crippen LogP contribution >= 0.6 is 23.2 Å². The van der Waals surface area contributed by atoms with E-state index in [0.717, 1.165) is 0 Å². The van der Waals surface area contributed by atoms with Crippen molar-refractivity contribution >= 4 is 46.2 Å². The smallest absolute Gasteiger partial charge is 0.353 e. The maximum atomic E-state index is 11.5. The second-order valence-electron chi connectivity index (χ2n) is 4.68. The number of hydrogen-bond acceptors (Lipinski definition) is 7. The number of hydrogen-bond donors (Lipinski definition) is 2. The minimum Gasteiger partial charge on any atom is -0.395 e. The van der Waals surface area contributed by atoms with E-state index in [1.165, 1.54) is 6.33 Å². The van der Waals surface area contributed by atoms with Crippen molar-refractivity contribution in [1.29, 1.82) is 0 Å². The van der Waals surface area contributed by atoms with Crippen molar-refractivity contribution in [2.24, 2.45) is 0 Å². The van der Waals surface area contributed by atoms with Crippen LogP contribution in [0.25, 0.3) is 0 Å². The van der Waals surface area contributed by atoms with Crippen molar-refractivity contribution in [2.75, 3.05) is 29.9 Å². The SMILES string of the molecule is CCN(CCO)c1ncnc(Nc2cccc(Cl)c2Cl)c1[N+](=O)[O-]. The highest BCUT2D eigenvalue weighted by molar-refractivity contribution is 6.43. The number of halogens is 2. The highest BCUT2D eigenvalue weighted by Gasteiger charge is 2.26. The molecule has 0 radical (unpaired) electrons. The first-order valence-corrected chi connectivity index (χ1v) is 7.81. The number of aromatic nitrogens is 2. The van der Waals surface area contributed by atoms with Gasteiger partial charge in [-0.05, 0) is 19.1 Å². The Morgan fingerprint density at radius 1 is 1.38 bits per heavy atom. The molecule has 0 saturated carbocycles. The molecule has 2 N–H and O–H groups in total. The number of anilines is 3. The van der Waals surface area contributed by atoms with Crippen LogP contribution in [0.3, 0.4) is 0 Å². The van der Waals surface area contributed by atoms with E-state index < -0.39 is 4.92 Å². The molecule has 10 heteroatoms. The largest absolute Gasteiger partial charge is 0.395 e. The number of nitro groups is 1. The van der Waals surface area contributed by atoms with Crippen LogP contribution in [-0.2, 0) is 0 Å². The van der Waals surface area contributed by atoms with Crippen molar-refractivity contribution in [1.82, 2.24) is 9.97 Å². The van der Waals surface area contributed by atoms with Crippen LogP contribution in [0, 0.1) is 10.1 Å². The molecule has 0 amide bonds. The van der Waals surface area contributed by atoms with Crippen LogP contribution in [0.5, 0.6) is 0 Å². The third-order valence-corrected chi connectivity index (χ3v) is 4.06. The lowest BCUT2D eigenvalue weighted by Crippen LogP contribution is -2.28. The third kappa shape index (κ3) is 3.84. The van der Waals surface area contributed by atoms with Gasteiger partial charge in [0.15, 0.2) is 0 Å². The lowest BCUT2D eigenvalue weighted by molar-refractivity contribution is -0.383. The fourth-order valence-electron chi connectivity index (χ4n) is 2.12. The lowest BCUT2D eigenvalue weighted by Gasteiger charge is -2.21. The molecular weight excluding hydrogens is 357 g/mol. The van der Waals surface area contributed by atoms with Crippen molar-refractivity contribution in [3.8, 4) is 0 Å². The van der Waals surface area contributed by atoms with E-state index in [9.17, 15) is 10.1 Å². The third-order valence-electron chi connectivity index (χ3n) is 3.24. The number of aliphatic hydroxyl groups is 1. The number of rotatable bonds is 7. The topological polar surface area (TPSA) is 104 Å². The Bertz CT molecular complexity index is 744. The van der Waals surface area contributed by atoms with Crippen LogP contribution in [0.1, 0.15) is 6.92 Å². The summed E-state index contributed by atoms with van der Waals surface area (Å²) in [5, 5.41) is 24.0. The zero-order valence-corrected chi connectivity index (χ0v) is 14.3. The Morgan fingerprint density at radius 3 is 2.75 bits per heavy atom. The van der Waals surface area contributed by atoms with Gasteiger partial charge in [-0.15, -0.1) is 0 Å². The summed E-state index contributed by atoms with van der Waals surface area (Å²) in [4.78, 5) is 20.5. The maximum Gasteiger partial charge on any atom is 0.353 e. The summed E-state index contributed by atoms with van der Waals surface area (Å²) in [5.41, 5.74) is 0.0889. The number of aliphatic hydroxyl groups excluding tert-OH is 1. The molecule has 0 fully saturated rings. The van der Waals surface area contributed by atoms with Gasteiger partial charge in [0.1, 0.15) is 6.33 Å². The molecule has 0 aliphatic heterocycles. The van der Waals surface area contributed by atoms with E-state index in [1.807, 2.05) is 6.92 Å². The van der Waals surface area contributed by atoms with Gasteiger partial charge in [0.2, 0.25) is 11.6 Å². The van der Waals surface area contributed by atoms with Gasteiger partial charge in [-0.3, -0.25) is 10.1 Å². The lowest BCUT2D eigenvalue weighted by atomic mass is 10.3. The van der Waals surface area contributed by atoms with E-state index in [1.54, 1.807) is 23.1 Å². The molecule has 0 spiro atoms. The Labute approximate surface area is 148 Å². The Balaban J connectivity index is 2.50. The van der Waals surface area contributed by atoms with Crippen LogP contribution in [-0.4, -0.2) is 39.7 Å². The summed E-state index contributed by atoms with van der Waals surface area (Å²) in [6.07, 6.45) is 1.21. The predicted molar refractivity (Wildman–Crippen MR) is 93.4 cm³/mol. The van der Waals surface area contributed by atoms with E-state index in [2.05, 4.69) is 15.3 Å². The summed E-state index contributed by atoms with van der Waals surface area (Å²) < 4.78 is 0. The van der Waals surface area contributed by atoms with Gasteiger partial charge in [-0.2, -0.15) is 0 Å². The highest BCUT2D eigenvalue weighted by atomic mass is 35.5. The van der Waals surface area contributed by atoms with E-state index in [-0.39, 0.29) is 35.5 Å². The minimum absolute atomic E-state index is 0.00874. The summed E-state index contributed by atoms with van der Waals surface area (Å²) in [7, 11) is 0. The average molecular weight is 372 g/mol. The molecule has 0 aliphatic rings. The van der Waals surface area contributed by atoms with Gasteiger partial charge >= 0.3 is 5.69 Å². The number of benzene rings is 1. The zero-order chi connectivity index (χ0) is 17.7. The Morgan fingerprint density at radius 2 is 2.12 bits per heavy atom. The molecule has 24 heavy (non-hydrogen) atoms. The van der Waals surface area contributed by atoms with Gasteiger partial charge in [0.05, 0.1) is 27.3 Å². The van der Waals surface area contributed by atoms with Gasteiger partial charge in [-0.1, -0.05) is 29.3 Å². The molecule has 1 heterocycles. The van der Waals surface area contributed by atoms with Crippen molar-refractivity contribution in [2.45, 2.75) is 6.92 Å². The molecule has 0 atom stereocenters. The molecule has 2 rings (SSSR count). The standard InChI is InChI=1S/C14H15Cl2N5O3/c1-2-20(6-7-22)14-12(21(23)24)13(17-8-18-14)19-10-5-3-4-9(15)11(10)16/h3-5,8,22H,2,6-7H2,1H3,(H,17,18,19). The molecule has 0 bridgehead atoms. The second-order valence-corrected chi connectivity index (χ2v) is 5.47. The van der Waals surface area contributed by atoms with Crippen molar-refractivity contribution in [3.05, 3.63) is 44.7 Å². The monoisotopic (exact) mass is 371 g/mol. The summed E-state index contributed by atoms with van der Waals surface area (Å²) >= 11 is 12.1. The van der Waals surface area contributed by atoms with Crippen molar-refractivity contribution < 1.29 is 10.0 Å². The van der Waals surface area contributed by atoms with Crippen LogP contribution < -0.4 is 10.2 Å². The maximum absolute atomic E-state index is 11.5. The number of likely N-dealkylation sites (N-methyl/N-ethyl adjacent to an activating group) is 1. The molecule has 0 saturated heterocycles. The van der Waals surface area contributed by atoms with Gasteiger partial charge < -0.3 is 15.3 Å². The fraction of sp³-hybridized carbons (Fsp3) is 0.286. The molecular formula is C14H15Cl2N5O3. The predicted octanol–water partition coefficient (Wildman–Crippen LogP) is 3.25. The molecule has 8 nitrogen and oxygen atoms in total. The fourth-order valence-corrected chi connectivity index (χ4v) is 2.47. The van der Waals surface area contributed by atoms with Crippen LogP contribution in [0.15, 0.2) is 24.5 Å². The highest BCUT2D eigenvalue weighted by Crippen LogP contribution is 2.36.